The second-order valence-electron chi connectivity index (χ2n) is 3.90. The zero-order valence-electron chi connectivity index (χ0n) is 8.14. The first-order chi connectivity index (χ1) is 5.84. The molecule has 0 amide bonds. The minimum Gasteiger partial charge on any atom is -0.0894 e. The topological polar surface area (TPSA) is 0 Å². The van der Waals surface area contributed by atoms with Gasteiger partial charge >= 0.3 is 0 Å². The van der Waals surface area contributed by atoms with Crippen LogP contribution in [0.1, 0.15) is 58.3 Å². The van der Waals surface area contributed by atoms with Crippen molar-refractivity contribution in [2.75, 3.05) is 0 Å². The van der Waals surface area contributed by atoms with Crippen molar-refractivity contribution < 1.29 is 0 Å². The normalized spacial score (nSPS) is 26.4. The van der Waals surface area contributed by atoms with E-state index in [9.17, 15) is 0 Å². The highest BCUT2D eigenvalue weighted by atomic mass is 32.1. The van der Waals surface area contributed by atoms with Gasteiger partial charge in [-0.05, 0) is 36.5 Å². The molecule has 0 N–H and O–H groups in total. The molecule has 12 heavy (non-hydrogen) atoms. The maximum atomic E-state index is 5.44. The van der Waals surface area contributed by atoms with Crippen LogP contribution < -0.4 is 0 Å². The van der Waals surface area contributed by atoms with Crippen molar-refractivity contribution >= 4 is 17.1 Å². The number of thiocarbonyl (C=S) groups is 1. The smallest absolute Gasteiger partial charge is 0.00406 e. The Morgan fingerprint density at radius 1 is 1.25 bits per heavy atom. The van der Waals surface area contributed by atoms with Crippen LogP contribution in [0.5, 0.6) is 0 Å². The molecule has 1 saturated carbocycles. The monoisotopic (exact) mass is 184 g/mol. The van der Waals surface area contributed by atoms with E-state index in [0.29, 0.717) is 0 Å². The SMILES string of the molecule is CCCC1CCCCCCC1=S. The third-order valence-electron chi connectivity index (χ3n) is 2.82. The Balaban J connectivity index is 2.37. The molecule has 0 aromatic rings. The Morgan fingerprint density at radius 2 is 2.00 bits per heavy atom. The molecule has 0 aromatic heterocycles. The Bertz CT molecular complexity index is 140. The predicted octanol–water partition coefficient (Wildman–Crippen LogP) is 4.13. The fourth-order valence-electron chi connectivity index (χ4n) is 2.06. The fourth-order valence-corrected chi connectivity index (χ4v) is 2.44. The van der Waals surface area contributed by atoms with Crippen LogP contribution in [-0.4, -0.2) is 4.86 Å². The molecule has 70 valence electrons. The molecule has 1 rings (SSSR count). The molecule has 1 aliphatic carbocycles. The van der Waals surface area contributed by atoms with Gasteiger partial charge in [0.05, 0.1) is 0 Å². The Labute approximate surface area is 81.7 Å². The zero-order chi connectivity index (χ0) is 8.81. The van der Waals surface area contributed by atoms with Gasteiger partial charge in [-0.15, -0.1) is 0 Å². The van der Waals surface area contributed by atoms with Crippen LogP contribution in [0.15, 0.2) is 0 Å². The summed E-state index contributed by atoms with van der Waals surface area (Å²) in [7, 11) is 0. The van der Waals surface area contributed by atoms with E-state index in [1.807, 2.05) is 0 Å². The number of hydrogen-bond acceptors (Lipinski definition) is 1. The maximum Gasteiger partial charge on any atom is -0.00406 e. The highest BCUT2D eigenvalue weighted by Crippen LogP contribution is 2.24. The van der Waals surface area contributed by atoms with Crippen molar-refractivity contribution in [1.82, 2.24) is 0 Å². The summed E-state index contributed by atoms with van der Waals surface area (Å²) in [6.45, 7) is 2.27. The molecule has 1 aliphatic rings. The molecule has 0 nitrogen and oxygen atoms in total. The van der Waals surface area contributed by atoms with Crippen LogP contribution in [0, 0.1) is 5.92 Å². The van der Waals surface area contributed by atoms with Crippen LogP contribution in [0.25, 0.3) is 0 Å². The van der Waals surface area contributed by atoms with Crippen molar-refractivity contribution in [3.8, 4) is 0 Å². The molecule has 0 aromatic carbocycles. The van der Waals surface area contributed by atoms with Gasteiger partial charge in [-0.3, -0.25) is 0 Å². The van der Waals surface area contributed by atoms with E-state index in [1.165, 1.54) is 56.2 Å². The molecule has 1 fully saturated rings. The number of rotatable bonds is 2. The first-order valence-corrected chi connectivity index (χ1v) is 5.78. The average molecular weight is 184 g/mol. The van der Waals surface area contributed by atoms with E-state index in [0.717, 1.165) is 5.92 Å². The summed E-state index contributed by atoms with van der Waals surface area (Å²) in [5.41, 5.74) is 0. The first kappa shape index (κ1) is 10.2. The molecule has 1 heteroatoms. The van der Waals surface area contributed by atoms with Crippen molar-refractivity contribution in [3.63, 3.8) is 0 Å². The predicted molar refractivity (Wildman–Crippen MR) is 58.7 cm³/mol. The molecule has 1 unspecified atom stereocenters. The van der Waals surface area contributed by atoms with E-state index >= 15 is 0 Å². The quantitative estimate of drug-likeness (QED) is 0.582. The van der Waals surface area contributed by atoms with Crippen LogP contribution in [-0.2, 0) is 0 Å². The van der Waals surface area contributed by atoms with Crippen LogP contribution in [0.4, 0.5) is 0 Å². The lowest BCUT2D eigenvalue weighted by Crippen LogP contribution is -2.14. The zero-order valence-corrected chi connectivity index (χ0v) is 8.96. The molecule has 0 heterocycles. The van der Waals surface area contributed by atoms with Crippen molar-refractivity contribution in [1.29, 1.82) is 0 Å². The largest absolute Gasteiger partial charge is 0.0894 e. The van der Waals surface area contributed by atoms with Gasteiger partial charge in [-0.2, -0.15) is 0 Å². The van der Waals surface area contributed by atoms with Crippen LogP contribution in [0.3, 0.4) is 0 Å². The molecule has 0 spiro atoms. The third-order valence-corrected chi connectivity index (χ3v) is 3.36. The number of hydrogen-bond donors (Lipinski definition) is 0. The van der Waals surface area contributed by atoms with Gasteiger partial charge in [0.2, 0.25) is 0 Å². The molecule has 1 atom stereocenters. The van der Waals surface area contributed by atoms with Crippen molar-refractivity contribution in [3.05, 3.63) is 0 Å². The van der Waals surface area contributed by atoms with Crippen LogP contribution in [0.2, 0.25) is 0 Å². The molecular weight excluding hydrogens is 164 g/mol. The van der Waals surface area contributed by atoms with Gasteiger partial charge in [-0.1, -0.05) is 44.8 Å². The summed E-state index contributed by atoms with van der Waals surface area (Å²) in [4.78, 5) is 1.37. The summed E-state index contributed by atoms with van der Waals surface area (Å²) in [5, 5.41) is 0. The molecule has 0 aliphatic heterocycles. The van der Waals surface area contributed by atoms with Gasteiger partial charge in [0, 0.05) is 0 Å². The molecule has 0 saturated heterocycles. The maximum absolute atomic E-state index is 5.44. The lowest BCUT2D eigenvalue weighted by atomic mass is 9.88. The lowest BCUT2D eigenvalue weighted by Gasteiger charge is -2.19. The fraction of sp³-hybridized carbons (Fsp3) is 0.909. The van der Waals surface area contributed by atoms with E-state index in [4.69, 9.17) is 12.2 Å². The van der Waals surface area contributed by atoms with E-state index in [-0.39, 0.29) is 0 Å². The molecule has 0 bridgehead atoms. The minimum atomic E-state index is 0.783. The molecule has 0 radical (unpaired) electrons. The summed E-state index contributed by atoms with van der Waals surface area (Å²) in [5.74, 6) is 0.783. The van der Waals surface area contributed by atoms with Gasteiger partial charge < -0.3 is 0 Å². The minimum absolute atomic E-state index is 0.783. The summed E-state index contributed by atoms with van der Waals surface area (Å²) in [6, 6.07) is 0. The van der Waals surface area contributed by atoms with Gasteiger partial charge in [0.25, 0.3) is 0 Å². The lowest BCUT2D eigenvalue weighted by molar-refractivity contribution is 0.495. The summed E-state index contributed by atoms with van der Waals surface area (Å²) >= 11 is 5.44. The van der Waals surface area contributed by atoms with Crippen molar-refractivity contribution in [2.24, 2.45) is 5.92 Å². The first-order valence-electron chi connectivity index (χ1n) is 5.37. The Morgan fingerprint density at radius 3 is 2.75 bits per heavy atom. The third kappa shape index (κ3) is 3.22. The van der Waals surface area contributed by atoms with Gasteiger partial charge in [0.15, 0.2) is 0 Å². The average Bonchev–Trinajstić information content (AvgIpc) is 2.05. The van der Waals surface area contributed by atoms with Gasteiger partial charge in [-0.25, -0.2) is 0 Å². The van der Waals surface area contributed by atoms with E-state index in [2.05, 4.69) is 6.92 Å². The Kier molecular flexibility index (Phi) is 4.82. The standard InChI is InChI=1S/C11H20S/c1-2-7-10-8-5-3-4-6-9-11(10)12/h10H,2-9H2,1H3. The Hall–Kier alpha value is 0.0900. The highest BCUT2D eigenvalue weighted by molar-refractivity contribution is 7.80. The van der Waals surface area contributed by atoms with Crippen LogP contribution >= 0.6 is 12.2 Å². The van der Waals surface area contributed by atoms with E-state index < -0.39 is 0 Å². The second kappa shape index (κ2) is 5.69. The second-order valence-corrected chi connectivity index (χ2v) is 4.43. The highest BCUT2D eigenvalue weighted by Gasteiger charge is 2.14. The van der Waals surface area contributed by atoms with Gasteiger partial charge in [0.1, 0.15) is 0 Å². The van der Waals surface area contributed by atoms with E-state index in [1.54, 1.807) is 0 Å². The summed E-state index contributed by atoms with van der Waals surface area (Å²) in [6.07, 6.45) is 10.8. The summed E-state index contributed by atoms with van der Waals surface area (Å²) < 4.78 is 0. The molecular formula is C11H20S. The van der Waals surface area contributed by atoms with Crippen molar-refractivity contribution in [2.45, 2.75) is 58.3 Å².